The van der Waals surface area contributed by atoms with E-state index in [9.17, 15) is 25.5 Å². The van der Waals surface area contributed by atoms with Crippen LogP contribution in [0.25, 0.3) is 0 Å². The number of aliphatic hydroxyl groups is 4. The standard InChI is InChI=1S/C17H30N2O5/c1-4-5-6-7-8-12-9-10-14(20)13(11-12)15(18-16(2,21)22)19-17(3,23)24/h9-11,15,18-24H,4-8H2,1-3H3. The predicted molar refractivity (Wildman–Crippen MR) is 90.7 cm³/mol. The van der Waals surface area contributed by atoms with Gasteiger partial charge in [0.15, 0.2) is 0 Å². The van der Waals surface area contributed by atoms with Crippen LogP contribution in [0.5, 0.6) is 5.75 Å². The van der Waals surface area contributed by atoms with Gasteiger partial charge in [0, 0.05) is 19.4 Å². The van der Waals surface area contributed by atoms with Crippen LogP contribution in [-0.4, -0.2) is 37.4 Å². The number of nitrogens with one attached hydrogen (secondary N) is 2. The zero-order valence-corrected chi connectivity index (χ0v) is 14.6. The zero-order chi connectivity index (χ0) is 18.4. The van der Waals surface area contributed by atoms with Gasteiger partial charge in [0.1, 0.15) is 5.75 Å². The molecule has 0 aromatic heterocycles. The van der Waals surface area contributed by atoms with Crippen LogP contribution >= 0.6 is 0 Å². The highest BCUT2D eigenvalue weighted by atomic mass is 16.5. The van der Waals surface area contributed by atoms with E-state index < -0.39 is 18.0 Å². The molecule has 138 valence electrons. The number of rotatable bonds is 10. The van der Waals surface area contributed by atoms with Gasteiger partial charge in [-0.2, -0.15) is 0 Å². The van der Waals surface area contributed by atoms with Gasteiger partial charge in [0.2, 0.25) is 11.8 Å². The molecule has 0 aliphatic carbocycles. The van der Waals surface area contributed by atoms with E-state index >= 15 is 0 Å². The molecule has 1 aromatic carbocycles. The van der Waals surface area contributed by atoms with E-state index in [1.165, 1.54) is 6.07 Å². The maximum atomic E-state index is 10.1. The quantitative estimate of drug-likeness (QED) is 0.250. The zero-order valence-electron chi connectivity index (χ0n) is 14.6. The van der Waals surface area contributed by atoms with Crippen molar-refractivity contribution in [1.82, 2.24) is 10.6 Å². The van der Waals surface area contributed by atoms with E-state index in [2.05, 4.69) is 17.6 Å². The van der Waals surface area contributed by atoms with Gasteiger partial charge in [-0.25, -0.2) is 10.6 Å². The molecule has 0 heterocycles. The second-order valence-electron chi connectivity index (χ2n) is 6.47. The summed E-state index contributed by atoms with van der Waals surface area (Å²) in [6.45, 7) is 4.33. The average molecular weight is 342 g/mol. The highest BCUT2D eigenvalue weighted by Gasteiger charge is 2.29. The van der Waals surface area contributed by atoms with Gasteiger partial charge in [-0.05, 0) is 30.5 Å². The maximum absolute atomic E-state index is 10.1. The Morgan fingerprint density at radius 1 is 0.958 bits per heavy atom. The van der Waals surface area contributed by atoms with Crippen molar-refractivity contribution in [3.8, 4) is 5.75 Å². The second kappa shape index (κ2) is 8.75. The highest BCUT2D eigenvalue weighted by Crippen LogP contribution is 2.27. The first-order valence-corrected chi connectivity index (χ1v) is 8.28. The molecule has 0 saturated carbocycles. The monoisotopic (exact) mass is 342 g/mol. The average Bonchev–Trinajstić information content (AvgIpc) is 2.41. The van der Waals surface area contributed by atoms with Crippen molar-refractivity contribution >= 4 is 0 Å². The number of hydrogen-bond acceptors (Lipinski definition) is 7. The Morgan fingerprint density at radius 3 is 2.04 bits per heavy atom. The van der Waals surface area contributed by atoms with Gasteiger partial charge in [0.05, 0.1) is 6.17 Å². The van der Waals surface area contributed by atoms with Crippen LogP contribution in [0.15, 0.2) is 18.2 Å². The van der Waals surface area contributed by atoms with Crippen LogP contribution in [-0.2, 0) is 6.42 Å². The summed E-state index contributed by atoms with van der Waals surface area (Å²) in [5.41, 5.74) is 1.27. The minimum Gasteiger partial charge on any atom is -0.508 e. The Kier molecular flexibility index (Phi) is 7.59. The van der Waals surface area contributed by atoms with Crippen molar-refractivity contribution in [2.45, 2.75) is 70.9 Å². The first kappa shape index (κ1) is 20.8. The number of unbranched alkanes of at least 4 members (excludes halogenated alkanes) is 3. The molecule has 24 heavy (non-hydrogen) atoms. The highest BCUT2D eigenvalue weighted by molar-refractivity contribution is 5.38. The second-order valence-corrected chi connectivity index (χ2v) is 6.47. The van der Waals surface area contributed by atoms with Crippen molar-refractivity contribution in [2.75, 3.05) is 0 Å². The maximum Gasteiger partial charge on any atom is 0.220 e. The van der Waals surface area contributed by atoms with Crippen LogP contribution in [0.2, 0.25) is 0 Å². The summed E-state index contributed by atoms with van der Waals surface area (Å²) >= 11 is 0. The summed E-state index contributed by atoms with van der Waals surface area (Å²) in [5.74, 6) is -4.63. The molecule has 0 bridgehead atoms. The Labute approximate surface area is 143 Å². The molecule has 0 radical (unpaired) electrons. The molecule has 0 saturated heterocycles. The van der Waals surface area contributed by atoms with E-state index in [1.807, 2.05) is 0 Å². The molecule has 0 amide bonds. The summed E-state index contributed by atoms with van der Waals surface area (Å²) in [4.78, 5) is 0. The summed E-state index contributed by atoms with van der Waals surface area (Å²) < 4.78 is 0. The first-order chi connectivity index (χ1) is 11.0. The van der Waals surface area contributed by atoms with Crippen molar-refractivity contribution in [2.24, 2.45) is 0 Å². The van der Waals surface area contributed by atoms with Crippen LogP contribution in [0.3, 0.4) is 0 Å². The van der Waals surface area contributed by atoms with Crippen molar-refractivity contribution in [1.29, 1.82) is 0 Å². The third-order valence-electron chi connectivity index (χ3n) is 3.56. The van der Waals surface area contributed by atoms with E-state index in [4.69, 9.17) is 0 Å². The molecular weight excluding hydrogens is 312 g/mol. The summed E-state index contributed by atoms with van der Waals surface area (Å²) in [5, 5.41) is 53.2. The van der Waals surface area contributed by atoms with Gasteiger partial charge >= 0.3 is 0 Å². The number of phenols is 1. The molecule has 7 heteroatoms. The summed E-state index contributed by atoms with van der Waals surface area (Å²) in [6.07, 6.45) is 4.18. The van der Waals surface area contributed by atoms with Gasteiger partial charge in [0.25, 0.3) is 0 Å². The molecule has 1 rings (SSSR count). The third kappa shape index (κ3) is 8.05. The largest absolute Gasteiger partial charge is 0.508 e. The van der Waals surface area contributed by atoms with Gasteiger partial charge in [-0.3, -0.25) is 0 Å². The Hall–Kier alpha value is -1.22. The lowest BCUT2D eigenvalue weighted by atomic mass is 10.0. The van der Waals surface area contributed by atoms with Crippen molar-refractivity contribution < 1.29 is 25.5 Å². The minimum atomic E-state index is -2.27. The molecule has 7 N–H and O–H groups in total. The van der Waals surface area contributed by atoms with E-state index in [-0.39, 0.29) is 5.75 Å². The van der Waals surface area contributed by atoms with E-state index in [0.29, 0.717) is 5.56 Å². The fourth-order valence-corrected chi connectivity index (χ4v) is 2.49. The normalized spacial score (nSPS) is 12.8. The lowest BCUT2D eigenvalue weighted by Gasteiger charge is -2.31. The molecular formula is C17H30N2O5. The molecule has 7 nitrogen and oxygen atoms in total. The molecule has 0 atom stereocenters. The predicted octanol–water partition coefficient (Wildman–Crippen LogP) is 1.01. The minimum absolute atomic E-state index is 0.0918. The molecule has 0 fully saturated rings. The number of hydrogen-bond donors (Lipinski definition) is 7. The van der Waals surface area contributed by atoms with Crippen LogP contribution in [0, 0.1) is 0 Å². The van der Waals surface area contributed by atoms with Crippen LogP contribution in [0.1, 0.15) is 63.7 Å². The Bertz CT molecular complexity index is 493. The van der Waals surface area contributed by atoms with E-state index in [1.54, 1.807) is 12.1 Å². The summed E-state index contributed by atoms with van der Waals surface area (Å²) in [6, 6.07) is 5.03. The SMILES string of the molecule is CCCCCCc1ccc(O)c(C(NC(C)(O)O)NC(C)(O)O)c1. The molecule has 1 aromatic rings. The molecule has 0 aliphatic rings. The molecule has 0 unspecified atom stereocenters. The summed E-state index contributed by atoms with van der Waals surface area (Å²) in [7, 11) is 0. The van der Waals surface area contributed by atoms with Crippen LogP contribution in [0.4, 0.5) is 0 Å². The van der Waals surface area contributed by atoms with Crippen molar-refractivity contribution in [3.05, 3.63) is 29.3 Å². The number of phenolic OH excluding ortho intramolecular Hbond substituents is 1. The number of aromatic hydroxyl groups is 1. The van der Waals surface area contributed by atoms with E-state index in [0.717, 1.165) is 51.5 Å². The lowest BCUT2D eigenvalue weighted by Crippen LogP contribution is -2.54. The lowest BCUT2D eigenvalue weighted by molar-refractivity contribution is -0.206. The first-order valence-electron chi connectivity index (χ1n) is 8.28. The Morgan fingerprint density at radius 2 is 1.54 bits per heavy atom. The molecule has 0 spiro atoms. The van der Waals surface area contributed by atoms with Crippen LogP contribution < -0.4 is 10.6 Å². The number of aryl methyl sites for hydroxylation is 1. The smallest absolute Gasteiger partial charge is 0.220 e. The fourth-order valence-electron chi connectivity index (χ4n) is 2.49. The molecule has 0 aliphatic heterocycles. The topological polar surface area (TPSA) is 125 Å². The number of benzene rings is 1. The third-order valence-corrected chi connectivity index (χ3v) is 3.56. The van der Waals surface area contributed by atoms with Gasteiger partial charge in [-0.15, -0.1) is 0 Å². The Balaban J connectivity index is 2.98. The van der Waals surface area contributed by atoms with Crippen molar-refractivity contribution in [3.63, 3.8) is 0 Å². The van der Waals surface area contributed by atoms with Gasteiger partial charge < -0.3 is 25.5 Å². The van der Waals surface area contributed by atoms with Gasteiger partial charge in [-0.1, -0.05) is 32.3 Å². The fraction of sp³-hybridized carbons (Fsp3) is 0.647.